The summed E-state index contributed by atoms with van der Waals surface area (Å²) in [6, 6.07) is 19.1. The van der Waals surface area contributed by atoms with Gasteiger partial charge in [-0.25, -0.2) is 13.2 Å². The molecule has 5 rings (SSSR count). The summed E-state index contributed by atoms with van der Waals surface area (Å²) in [5, 5.41) is 6.53. The van der Waals surface area contributed by atoms with Gasteiger partial charge in [0.1, 0.15) is 17.5 Å². The number of ether oxygens (including phenoxy) is 1. The van der Waals surface area contributed by atoms with Crippen LogP contribution in [0.2, 0.25) is 0 Å². The maximum Gasteiger partial charge on any atom is 0.416 e. The lowest BCUT2D eigenvalue weighted by Gasteiger charge is -2.16. The smallest absolute Gasteiger partial charge is 0.416 e. The zero-order valence-corrected chi connectivity index (χ0v) is 24.7. The van der Waals surface area contributed by atoms with Crippen LogP contribution in [0, 0.1) is 6.92 Å². The molecule has 0 saturated heterocycles. The van der Waals surface area contributed by atoms with Crippen molar-refractivity contribution in [3.8, 4) is 22.5 Å². The van der Waals surface area contributed by atoms with Crippen LogP contribution in [-0.2, 0) is 31.1 Å². The number of carbonyl (C=O) groups is 2. The van der Waals surface area contributed by atoms with Gasteiger partial charge in [0.2, 0.25) is 15.9 Å². The molecule has 0 unspecified atom stereocenters. The van der Waals surface area contributed by atoms with Crippen molar-refractivity contribution in [3.63, 3.8) is 0 Å². The van der Waals surface area contributed by atoms with Gasteiger partial charge in [-0.3, -0.25) is 14.8 Å². The van der Waals surface area contributed by atoms with Gasteiger partial charge in [0.25, 0.3) is 0 Å². The van der Waals surface area contributed by atoms with Crippen molar-refractivity contribution in [2.45, 2.75) is 44.4 Å². The predicted molar refractivity (Wildman–Crippen MR) is 156 cm³/mol. The number of sulfonamides is 1. The molecule has 1 aliphatic carbocycles. The average molecular weight is 628 g/mol. The Labute approximate surface area is 251 Å². The SMILES string of the molecule is Cc1noc(-c2ccc(-c3ccc(C4(C(=O)NS(C)(=O)=O)CC4)cc3)cc2)c1NC(=O)O[C@H](C)c1cccc(C(F)(F)F)c1. The Hall–Kier alpha value is -4.65. The number of benzene rings is 3. The van der Waals surface area contributed by atoms with E-state index in [0.29, 0.717) is 24.1 Å². The number of alkyl halides is 3. The van der Waals surface area contributed by atoms with Gasteiger partial charge in [0.15, 0.2) is 5.76 Å². The molecule has 1 aromatic heterocycles. The number of hydrogen-bond donors (Lipinski definition) is 2. The molecule has 1 atom stereocenters. The molecule has 4 aromatic rings. The van der Waals surface area contributed by atoms with E-state index in [1.54, 1.807) is 19.1 Å². The maximum atomic E-state index is 13.1. The second-order valence-corrected chi connectivity index (χ2v) is 12.5. The van der Waals surface area contributed by atoms with Crippen LogP contribution < -0.4 is 10.0 Å². The number of aryl methyl sites for hydroxylation is 1. The lowest BCUT2D eigenvalue weighted by atomic mass is 9.93. The monoisotopic (exact) mass is 627 g/mol. The van der Waals surface area contributed by atoms with E-state index in [2.05, 4.69) is 15.2 Å². The first-order valence-electron chi connectivity index (χ1n) is 13.5. The van der Waals surface area contributed by atoms with Gasteiger partial charge in [-0.1, -0.05) is 65.8 Å². The zero-order valence-electron chi connectivity index (χ0n) is 23.9. The van der Waals surface area contributed by atoms with E-state index in [1.165, 1.54) is 19.1 Å². The predicted octanol–water partition coefficient (Wildman–Crippen LogP) is 6.75. The topological polar surface area (TPSA) is 128 Å². The van der Waals surface area contributed by atoms with E-state index in [4.69, 9.17) is 9.26 Å². The Kier molecular flexibility index (Phi) is 8.02. The molecule has 3 aromatic carbocycles. The van der Waals surface area contributed by atoms with Crippen molar-refractivity contribution >= 4 is 27.7 Å². The number of hydrogen-bond acceptors (Lipinski definition) is 7. The number of carbonyl (C=O) groups excluding carboxylic acids is 2. The van der Waals surface area contributed by atoms with Gasteiger partial charge in [-0.15, -0.1) is 0 Å². The molecule has 1 heterocycles. The number of amides is 2. The van der Waals surface area contributed by atoms with Crippen molar-refractivity contribution in [2.75, 3.05) is 11.6 Å². The largest absolute Gasteiger partial charge is 0.441 e. The zero-order chi connectivity index (χ0) is 31.9. The molecule has 0 aliphatic heterocycles. The van der Waals surface area contributed by atoms with Crippen molar-refractivity contribution in [1.29, 1.82) is 0 Å². The summed E-state index contributed by atoms with van der Waals surface area (Å²) >= 11 is 0. The summed E-state index contributed by atoms with van der Waals surface area (Å²) in [4.78, 5) is 25.2. The Balaban J connectivity index is 1.27. The number of halogens is 3. The minimum atomic E-state index is -4.52. The van der Waals surface area contributed by atoms with Crippen molar-refractivity contribution in [2.24, 2.45) is 0 Å². The van der Waals surface area contributed by atoms with Crippen molar-refractivity contribution in [3.05, 3.63) is 95.2 Å². The number of nitrogens with one attached hydrogen (secondary N) is 2. The molecular formula is C31H28F3N3O6S. The third-order valence-corrected chi connectivity index (χ3v) is 7.99. The standard InChI is InChI=1S/C31H28F3N3O6S/c1-18-26(35-29(39)42-19(2)23-5-4-6-25(17-23)31(32,33)34)27(43-36-18)22-9-7-20(8-10-22)21-11-13-24(14-12-21)30(15-16-30)28(38)37-44(3,40)41/h4-14,17,19H,15-16H2,1-3H3,(H,35,39)(H,37,38)/t19-/m1/s1. The summed E-state index contributed by atoms with van der Waals surface area (Å²) in [6.07, 6.45) is -4.30. The summed E-state index contributed by atoms with van der Waals surface area (Å²) in [5.41, 5.74) is 2.18. The fraction of sp³-hybridized carbons (Fsp3) is 0.258. The highest BCUT2D eigenvalue weighted by Crippen LogP contribution is 2.49. The van der Waals surface area contributed by atoms with Crippen LogP contribution in [-0.4, -0.2) is 31.8 Å². The van der Waals surface area contributed by atoms with E-state index in [9.17, 15) is 31.2 Å². The lowest BCUT2D eigenvalue weighted by molar-refractivity contribution is -0.137. The summed E-state index contributed by atoms with van der Waals surface area (Å²) in [5.74, 6) is -0.265. The highest BCUT2D eigenvalue weighted by molar-refractivity contribution is 7.89. The highest BCUT2D eigenvalue weighted by atomic mass is 32.2. The molecule has 0 spiro atoms. The van der Waals surface area contributed by atoms with Gasteiger partial charge in [-0.2, -0.15) is 13.2 Å². The molecule has 2 N–H and O–H groups in total. The number of anilines is 1. The molecular weight excluding hydrogens is 599 g/mol. The molecule has 1 saturated carbocycles. The number of aromatic nitrogens is 1. The first-order valence-corrected chi connectivity index (χ1v) is 15.4. The van der Waals surface area contributed by atoms with Gasteiger partial charge in [-0.05, 0) is 61.1 Å². The molecule has 0 radical (unpaired) electrons. The first kappa shape index (κ1) is 30.8. The van der Waals surface area contributed by atoms with Crippen LogP contribution in [0.5, 0.6) is 0 Å². The van der Waals surface area contributed by atoms with Crippen molar-refractivity contribution in [1.82, 2.24) is 9.88 Å². The Morgan fingerprint density at radius 3 is 2.14 bits per heavy atom. The second kappa shape index (κ2) is 11.5. The Bertz CT molecular complexity index is 1810. The third-order valence-electron chi connectivity index (χ3n) is 7.44. The highest BCUT2D eigenvalue weighted by Gasteiger charge is 2.52. The fourth-order valence-corrected chi connectivity index (χ4v) is 5.41. The van der Waals surface area contributed by atoms with Crippen molar-refractivity contribution < 1.29 is 40.4 Å². The maximum absolute atomic E-state index is 13.1. The number of rotatable bonds is 8. The quantitative estimate of drug-likeness (QED) is 0.221. The average Bonchev–Trinajstić information content (AvgIpc) is 3.71. The van der Waals surface area contributed by atoms with Gasteiger partial charge >= 0.3 is 12.3 Å². The molecule has 13 heteroatoms. The molecule has 0 bridgehead atoms. The van der Waals surface area contributed by atoms with Gasteiger partial charge in [0, 0.05) is 5.56 Å². The summed E-state index contributed by atoms with van der Waals surface area (Å²) in [7, 11) is -3.66. The van der Waals surface area contributed by atoms with Crippen LogP contribution in [0.4, 0.5) is 23.7 Å². The van der Waals surface area contributed by atoms with Crippen LogP contribution in [0.15, 0.2) is 77.3 Å². The molecule has 1 fully saturated rings. The van der Waals surface area contributed by atoms with Crippen LogP contribution in [0.25, 0.3) is 22.5 Å². The van der Waals surface area contributed by atoms with E-state index < -0.39 is 45.3 Å². The Morgan fingerprint density at radius 2 is 1.57 bits per heavy atom. The Morgan fingerprint density at radius 1 is 0.977 bits per heavy atom. The van der Waals surface area contributed by atoms with E-state index in [0.717, 1.165) is 35.1 Å². The van der Waals surface area contributed by atoms with Crippen LogP contribution in [0.1, 0.15) is 48.3 Å². The molecule has 230 valence electrons. The van der Waals surface area contributed by atoms with Gasteiger partial charge < -0.3 is 9.26 Å². The van der Waals surface area contributed by atoms with E-state index >= 15 is 0 Å². The first-order chi connectivity index (χ1) is 20.7. The van der Waals surface area contributed by atoms with Crippen LogP contribution >= 0.6 is 0 Å². The van der Waals surface area contributed by atoms with Gasteiger partial charge in [0.05, 0.1) is 17.2 Å². The van der Waals surface area contributed by atoms with Crippen LogP contribution in [0.3, 0.4) is 0 Å². The van der Waals surface area contributed by atoms with E-state index in [1.807, 2.05) is 36.4 Å². The molecule has 2 amide bonds. The minimum Gasteiger partial charge on any atom is -0.441 e. The lowest BCUT2D eigenvalue weighted by Crippen LogP contribution is -2.38. The third kappa shape index (κ3) is 6.62. The summed E-state index contributed by atoms with van der Waals surface area (Å²) in [6.45, 7) is 3.09. The van der Waals surface area contributed by atoms with E-state index in [-0.39, 0.29) is 17.0 Å². The minimum absolute atomic E-state index is 0.185. The number of nitrogens with zero attached hydrogens (tertiary/aromatic N) is 1. The normalized spacial score (nSPS) is 14.9. The molecule has 9 nitrogen and oxygen atoms in total. The summed E-state index contributed by atoms with van der Waals surface area (Å²) < 4.78 is 75.2. The second-order valence-electron chi connectivity index (χ2n) is 10.7. The molecule has 44 heavy (non-hydrogen) atoms. The molecule has 1 aliphatic rings. The fourth-order valence-electron chi connectivity index (χ4n) is 4.88.